The molecule has 0 radical (unpaired) electrons. The largest absolute Gasteiger partial charge is 0.508 e. The monoisotopic (exact) mass is 289 g/mol. The molecule has 1 aromatic heterocycles. The highest BCUT2D eigenvalue weighted by atomic mass is 16.4. The summed E-state index contributed by atoms with van der Waals surface area (Å²) in [6.07, 6.45) is 0.0398. The molecule has 3 N–H and O–H groups in total. The second-order valence-electron chi connectivity index (χ2n) is 4.57. The smallest absolute Gasteiger partial charge is 0.339 e. The average Bonchev–Trinajstić information content (AvgIpc) is 2.80. The first-order valence-corrected chi connectivity index (χ1v) is 6.33. The molecule has 1 aromatic carbocycles. The predicted molar refractivity (Wildman–Crippen MR) is 74.1 cm³/mol. The van der Waals surface area contributed by atoms with Crippen LogP contribution in [-0.4, -0.2) is 22.1 Å². The molecule has 110 valence electrons. The fraction of sp³-hybridized carbons (Fsp3) is 0.200. The number of phenols is 1. The topological polar surface area (TPSA) is 99.8 Å². The highest BCUT2D eigenvalue weighted by Gasteiger charge is 2.14. The summed E-state index contributed by atoms with van der Waals surface area (Å²) in [6.45, 7) is 1.65. The summed E-state index contributed by atoms with van der Waals surface area (Å²) in [4.78, 5) is 22.7. The number of furan rings is 1. The number of aromatic carboxylic acids is 1. The number of carboxylic acid groups (broad SMARTS) is 1. The van der Waals surface area contributed by atoms with Crippen LogP contribution in [0.25, 0.3) is 0 Å². The van der Waals surface area contributed by atoms with E-state index in [1.165, 1.54) is 12.1 Å². The third-order valence-electron chi connectivity index (χ3n) is 3.00. The number of nitrogens with one attached hydrogen (secondary N) is 1. The Morgan fingerprint density at radius 2 is 2.00 bits per heavy atom. The maximum absolute atomic E-state index is 11.8. The zero-order valence-corrected chi connectivity index (χ0v) is 11.4. The van der Waals surface area contributed by atoms with Gasteiger partial charge in [-0.2, -0.15) is 0 Å². The molecule has 0 fully saturated rings. The zero-order valence-electron chi connectivity index (χ0n) is 11.4. The molecule has 21 heavy (non-hydrogen) atoms. The van der Waals surface area contributed by atoms with Crippen molar-refractivity contribution in [3.8, 4) is 5.75 Å². The normalized spacial score (nSPS) is 10.3. The molecule has 1 heterocycles. The van der Waals surface area contributed by atoms with Crippen molar-refractivity contribution < 1.29 is 24.2 Å². The summed E-state index contributed by atoms with van der Waals surface area (Å²) in [5, 5.41) is 21.1. The van der Waals surface area contributed by atoms with Crippen molar-refractivity contribution in [3.63, 3.8) is 0 Å². The number of benzene rings is 1. The summed E-state index contributed by atoms with van der Waals surface area (Å²) >= 11 is 0. The van der Waals surface area contributed by atoms with Crippen molar-refractivity contribution >= 4 is 11.9 Å². The second kappa shape index (κ2) is 6.13. The summed E-state index contributed by atoms with van der Waals surface area (Å²) in [5.74, 6) is -0.622. The Kier molecular flexibility index (Phi) is 4.27. The molecule has 2 rings (SSSR count). The number of amides is 1. The summed E-state index contributed by atoms with van der Waals surface area (Å²) < 4.78 is 5.26. The van der Waals surface area contributed by atoms with E-state index in [0.29, 0.717) is 17.1 Å². The molecule has 0 bridgehead atoms. The van der Waals surface area contributed by atoms with Gasteiger partial charge in [0.25, 0.3) is 0 Å². The summed E-state index contributed by atoms with van der Waals surface area (Å²) in [5.41, 5.74) is 0.608. The predicted octanol–water partition coefficient (Wildman–Crippen LogP) is 1.85. The van der Waals surface area contributed by atoms with Gasteiger partial charge in [0.2, 0.25) is 5.91 Å². The number of carboxylic acids is 1. The Labute approximate surface area is 121 Å². The van der Waals surface area contributed by atoms with E-state index in [1.807, 2.05) is 0 Å². The van der Waals surface area contributed by atoms with Crippen LogP contribution in [0.4, 0.5) is 0 Å². The highest BCUT2D eigenvalue weighted by molar-refractivity contribution is 5.88. The molecular weight excluding hydrogens is 274 g/mol. The summed E-state index contributed by atoms with van der Waals surface area (Å²) in [7, 11) is 0. The van der Waals surface area contributed by atoms with Gasteiger partial charge in [-0.25, -0.2) is 4.79 Å². The number of hydrogen-bond acceptors (Lipinski definition) is 4. The van der Waals surface area contributed by atoms with Gasteiger partial charge in [0.15, 0.2) is 0 Å². The molecule has 6 heteroatoms. The van der Waals surface area contributed by atoms with E-state index in [2.05, 4.69) is 5.32 Å². The molecule has 0 saturated heterocycles. The van der Waals surface area contributed by atoms with Crippen molar-refractivity contribution in [1.82, 2.24) is 5.32 Å². The summed E-state index contributed by atoms with van der Waals surface area (Å²) in [6, 6.07) is 7.97. The number of carbonyl (C=O) groups is 2. The molecular formula is C15H15NO5. The first-order chi connectivity index (χ1) is 9.97. The van der Waals surface area contributed by atoms with Crippen LogP contribution in [0.2, 0.25) is 0 Å². The lowest BCUT2D eigenvalue weighted by atomic mass is 10.1. The van der Waals surface area contributed by atoms with Gasteiger partial charge in [0.1, 0.15) is 22.8 Å². The molecule has 0 aliphatic heterocycles. The Morgan fingerprint density at radius 3 is 2.62 bits per heavy atom. The quantitative estimate of drug-likeness (QED) is 0.780. The third-order valence-corrected chi connectivity index (χ3v) is 3.00. The van der Waals surface area contributed by atoms with Crippen LogP contribution in [0.15, 0.2) is 34.7 Å². The first kappa shape index (κ1) is 14.6. The van der Waals surface area contributed by atoms with Crippen LogP contribution in [-0.2, 0) is 17.8 Å². The van der Waals surface area contributed by atoms with Crippen LogP contribution in [0.1, 0.15) is 27.4 Å². The van der Waals surface area contributed by atoms with Gasteiger partial charge in [-0.1, -0.05) is 18.2 Å². The number of aryl methyl sites for hydroxylation is 1. The number of hydrogen-bond donors (Lipinski definition) is 3. The number of carbonyl (C=O) groups excluding carboxylic acids is 1. The van der Waals surface area contributed by atoms with Crippen molar-refractivity contribution in [3.05, 3.63) is 53.0 Å². The Hall–Kier alpha value is -2.76. The van der Waals surface area contributed by atoms with E-state index in [9.17, 15) is 14.7 Å². The fourth-order valence-corrected chi connectivity index (χ4v) is 1.92. The molecule has 0 aliphatic rings. The minimum Gasteiger partial charge on any atom is -0.508 e. The lowest BCUT2D eigenvalue weighted by Crippen LogP contribution is -2.24. The molecule has 0 aliphatic carbocycles. The number of rotatable bonds is 5. The van der Waals surface area contributed by atoms with Crippen molar-refractivity contribution in [2.24, 2.45) is 0 Å². The maximum atomic E-state index is 11.8. The van der Waals surface area contributed by atoms with E-state index >= 15 is 0 Å². The van der Waals surface area contributed by atoms with Crippen LogP contribution < -0.4 is 5.32 Å². The van der Waals surface area contributed by atoms with Gasteiger partial charge in [-0.15, -0.1) is 0 Å². The fourth-order valence-electron chi connectivity index (χ4n) is 1.92. The average molecular weight is 289 g/mol. The number of aromatic hydroxyl groups is 1. The van der Waals surface area contributed by atoms with Crippen LogP contribution >= 0.6 is 0 Å². The Balaban J connectivity index is 1.94. The minimum absolute atomic E-state index is 0.0398. The Morgan fingerprint density at radius 1 is 1.29 bits per heavy atom. The van der Waals surface area contributed by atoms with Crippen molar-refractivity contribution in [2.75, 3.05) is 0 Å². The zero-order chi connectivity index (χ0) is 15.4. The second-order valence-corrected chi connectivity index (χ2v) is 4.57. The van der Waals surface area contributed by atoms with E-state index in [0.717, 1.165) is 0 Å². The minimum atomic E-state index is -1.07. The van der Waals surface area contributed by atoms with Crippen molar-refractivity contribution in [2.45, 2.75) is 19.9 Å². The van der Waals surface area contributed by atoms with Gasteiger partial charge in [0, 0.05) is 5.56 Å². The molecule has 0 atom stereocenters. The standard InChI is InChI=1S/C15H15NO5/c1-9-12(15(19)20)7-11(21-9)8-16-14(18)6-10-4-2-3-5-13(10)17/h2-5,7,17H,6,8H2,1H3,(H,16,18)(H,19,20). The molecule has 0 saturated carbocycles. The maximum Gasteiger partial charge on any atom is 0.339 e. The van der Waals surface area contributed by atoms with Crippen LogP contribution in [0, 0.1) is 6.92 Å². The van der Waals surface area contributed by atoms with Crippen LogP contribution in [0.5, 0.6) is 5.75 Å². The van der Waals surface area contributed by atoms with Crippen molar-refractivity contribution in [1.29, 1.82) is 0 Å². The van der Waals surface area contributed by atoms with Gasteiger partial charge >= 0.3 is 5.97 Å². The molecule has 0 unspecified atom stereocenters. The van der Waals surface area contributed by atoms with Gasteiger partial charge in [0.05, 0.1) is 13.0 Å². The van der Waals surface area contributed by atoms with E-state index in [4.69, 9.17) is 9.52 Å². The van der Waals surface area contributed by atoms with E-state index in [-0.39, 0.29) is 30.2 Å². The first-order valence-electron chi connectivity index (χ1n) is 6.33. The lowest BCUT2D eigenvalue weighted by Gasteiger charge is -2.05. The van der Waals surface area contributed by atoms with Gasteiger partial charge in [-0.05, 0) is 19.1 Å². The molecule has 6 nitrogen and oxygen atoms in total. The highest BCUT2D eigenvalue weighted by Crippen LogP contribution is 2.17. The van der Waals surface area contributed by atoms with Gasteiger partial charge in [-0.3, -0.25) is 4.79 Å². The van der Waals surface area contributed by atoms with Gasteiger partial charge < -0.3 is 19.9 Å². The molecule has 0 spiro atoms. The molecule has 2 aromatic rings. The van der Waals surface area contributed by atoms with Crippen LogP contribution in [0.3, 0.4) is 0 Å². The third kappa shape index (κ3) is 3.62. The van der Waals surface area contributed by atoms with E-state index < -0.39 is 5.97 Å². The number of phenolic OH excluding ortho intramolecular Hbond substituents is 1. The number of para-hydroxylation sites is 1. The SMILES string of the molecule is Cc1oc(CNC(=O)Cc2ccccc2O)cc1C(=O)O. The lowest BCUT2D eigenvalue weighted by molar-refractivity contribution is -0.120. The van der Waals surface area contributed by atoms with E-state index in [1.54, 1.807) is 25.1 Å². The molecule has 1 amide bonds. The Bertz CT molecular complexity index is 674.